The molecule has 0 bridgehead atoms. The fourth-order valence-electron chi connectivity index (χ4n) is 2.35. The zero-order valence-electron chi connectivity index (χ0n) is 11.6. The van der Waals surface area contributed by atoms with E-state index in [1.54, 1.807) is 6.20 Å². The first-order valence-electron chi connectivity index (χ1n) is 6.77. The summed E-state index contributed by atoms with van der Waals surface area (Å²) in [6.45, 7) is 0.706. The Hall–Kier alpha value is -2.41. The quantitative estimate of drug-likeness (QED) is 0.851. The van der Waals surface area contributed by atoms with Crippen LogP contribution in [0.2, 0.25) is 0 Å². The number of carbonyl (C=O) groups is 1. The molecule has 0 N–H and O–H groups in total. The van der Waals surface area contributed by atoms with Gasteiger partial charge in [-0.05, 0) is 12.1 Å². The van der Waals surface area contributed by atoms with Crippen molar-refractivity contribution < 1.29 is 18.3 Å². The number of amides is 1. The van der Waals surface area contributed by atoms with E-state index in [-0.39, 0.29) is 19.7 Å². The van der Waals surface area contributed by atoms with Gasteiger partial charge in [0.25, 0.3) is 5.91 Å². The van der Waals surface area contributed by atoms with Crippen LogP contribution in [0.4, 0.5) is 8.78 Å². The number of morpholine rings is 1. The molecule has 1 aliphatic rings. The third kappa shape index (κ3) is 2.80. The van der Waals surface area contributed by atoms with E-state index < -0.39 is 29.2 Å². The van der Waals surface area contributed by atoms with Gasteiger partial charge >= 0.3 is 0 Å². The minimum absolute atomic E-state index is 0.172. The van der Waals surface area contributed by atoms with E-state index in [1.807, 2.05) is 0 Å². The van der Waals surface area contributed by atoms with E-state index in [9.17, 15) is 13.6 Å². The molecule has 2 heterocycles. The average Bonchev–Trinajstić information content (AvgIpc) is 2.55. The predicted molar refractivity (Wildman–Crippen MR) is 73.0 cm³/mol. The summed E-state index contributed by atoms with van der Waals surface area (Å²) < 4.78 is 33.0. The molecule has 114 valence electrons. The van der Waals surface area contributed by atoms with Crippen LogP contribution in [-0.4, -0.2) is 40.5 Å². The van der Waals surface area contributed by atoms with Crippen molar-refractivity contribution in [3.05, 3.63) is 59.7 Å². The van der Waals surface area contributed by atoms with Gasteiger partial charge in [-0.25, -0.2) is 8.78 Å². The molecule has 3 rings (SSSR count). The fourth-order valence-corrected chi connectivity index (χ4v) is 2.35. The maximum absolute atomic E-state index is 13.7. The first kappa shape index (κ1) is 14.5. The van der Waals surface area contributed by atoms with E-state index in [4.69, 9.17) is 4.74 Å². The summed E-state index contributed by atoms with van der Waals surface area (Å²) in [6.07, 6.45) is 4.14. The Morgan fingerprint density at radius 3 is 2.73 bits per heavy atom. The fraction of sp³-hybridized carbons (Fsp3) is 0.267. The van der Waals surface area contributed by atoms with Gasteiger partial charge in [-0.1, -0.05) is 6.07 Å². The van der Waals surface area contributed by atoms with Crippen LogP contribution in [0.25, 0.3) is 0 Å². The van der Waals surface area contributed by atoms with Gasteiger partial charge in [-0.3, -0.25) is 14.8 Å². The number of hydrogen-bond donors (Lipinski definition) is 0. The van der Waals surface area contributed by atoms with Crippen molar-refractivity contribution >= 4 is 5.91 Å². The molecule has 1 atom stereocenters. The molecule has 0 spiro atoms. The molecular weight excluding hydrogens is 292 g/mol. The molecule has 0 saturated carbocycles. The number of nitrogens with zero attached hydrogens (tertiary/aromatic N) is 3. The molecule has 0 radical (unpaired) electrons. The Morgan fingerprint density at radius 2 is 2.05 bits per heavy atom. The van der Waals surface area contributed by atoms with Gasteiger partial charge in [-0.2, -0.15) is 0 Å². The zero-order valence-corrected chi connectivity index (χ0v) is 11.6. The molecule has 1 aromatic carbocycles. The molecule has 2 aromatic rings. The lowest BCUT2D eigenvalue weighted by atomic mass is 10.1. The molecule has 22 heavy (non-hydrogen) atoms. The third-order valence-corrected chi connectivity index (χ3v) is 3.44. The molecule has 5 nitrogen and oxygen atoms in total. The number of benzene rings is 1. The number of halogens is 2. The second-order valence-corrected chi connectivity index (χ2v) is 4.84. The molecule has 1 aromatic heterocycles. The van der Waals surface area contributed by atoms with Gasteiger partial charge in [0.05, 0.1) is 25.0 Å². The van der Waals surface area contributed by atoms with Crippen molar-refractivity contribution in [2.45, 2.75) is 6.10 Å². The van der Waals surface area contributed by atoms with Crippen molar-refractivity contribution in [3.63, 3.8) is 0 Å². The lowest BCUT2D eigenvalue weighted by molar-refractivity contribution is -0.0251. The molecular formula is C15H13F2N3O2. The highest BCUT2D eigenvalue weighted by Gasteiger charge is 2.29. The van der Waals surface area contributed by atoms with Crippen molar-refractivity contribution in [2.75, 3.05) is 19.7 Å². The summed E-state index contributed by atoms with van der Waals surface area (Å²) >= 11 is 0. The summed E-state index contributed by atoms with van der Waals surface area (Å²) in [5.41, 5.74) is 0.0382. The minimum Gasteiger partial charge on any atom is -0.368 e. The molecule has 1 amide bonds. The number of rotatable bonds is 2. The summed E-state index contributed by atoms with van der Waals surface area (Å²) in [5, 5.41) is 0. The highest BCUT2D eigenvalue weighted by atomic mass is 19.1. The Morgan fingerprint density at radius 1 is 1.27 bits per heavy atom. The highest BCUT2D eigenvalue weighted by molar-refractivity contribution is 5.94. The van der Waals surface area contributed by atoms with Crippen LogP contribution in [-0.2, 0) is 4.74 Å². The monoisotopic (exact) mass is 305 g/mol. The van der Waals surface area contributed by atoms with Crippen molar-refractivity contribution in [3.8, 4) is 0 Å². The largest absolute Gasteiger partial charge is 0.368 e. The van der Waals surface area contributed by atoms with E-state index >= 15 is 0 Å². The molecule has 0 aliphatic carbocycles. The van der Waals surface area contributed by atoms with Crippen LogP contribution in [0.3, 0.4) is 0 Å². The zero-order chi connectivity index (χ0) is 15.5. The van der Waals surface area contributed by atoms with Crippen LogP contribution in [0.15, 0.2) is 36.8 Å². The number of aromatic nitrogens is 2. The van der Waals surface area contributed by atoms with Gasteiger partial charge < -0.3 is 9.64 Å². The van der Waals surface area contributed by atoms with Crippen molar-refractivity contribution in [1.82, 2.24) is 14.9 Å². The number of ether oxygens (including phenoxy) is 1. The van der Waals surface area contributed by atoms with Crippen molar-refractivity contribution in [1.29, 1.82) is 0 Å². The summed E-state index contributed by atoms with van der Waals surface area (Å²) in [5.74, 6) is -2.42. The second-order valence-electron chi connectivity index (χ2n) is 4.84. The number of hydrogen-bond acceptors (Lipinski definition) is 4. The Kier molecular flexibility index (Phi) is 4.06. The summed E-state index contributed by atoms with van der Waals surface area (Å²) in [4.78, 5) is 21.8. The average molecular weight is 305 g/mol. The first-order chi connectivity index (χ1) is 10.7. The molecule has 1 saturated heterocycles. The number of carbonyl (C=O) groups excluding carboxylic acids is 1. The lowest BCUT2D eigenvalue weighted by Crippen LogP contribution is -2.43. The maximum atomic E-state index is 13.7. The lowest BCUT2D eigenvalue weighted by Gasteiger charge is -2.32. The third-order valence-electron chi connectivity index (χ3n) is 3.44. The Labute approximate surface area is 125 Å². The Bertz CT molecular complexity index is 661. The maximum Gasteiger partial charge on any atom is 0.260 e. The second kappa shape index (κ2) is 6.15. The Balaban J connectivity index is 1.82. The first-order valence-corrected chi connectivity index (χ1v) is 6.77. The smallest absolute Gasteiger partial charge is 0.260 e. The molecule has 1 unspecified atom stereocenters. The van der Waals surface area contributed by atoms with Gasteiger partial charge in [0.1, 0.15) is 23.3 Å². The molecule has 7 heteroatoms. The van der Waals surface area contributed by atoms with E-state index in [2.05, 4.69) is 9.97 Å². The predicted octanol–water partition coefficient (Wildman–Crippen LogP) is 1.97. The van der Waals surface area contributed by atoms with Crippen molar-refractivity contribution in [2.24, 2.45) is 0 Å². The van der Waals surface area contributed by atoms with Gasteiger partial charge in [0.15, 0.2) is 0 Å². The highest BCUT2D eigenvalue weighted by Crippen LogP contribution is 2.22. The van der Waals surface area contributed by atoms with Crippen LogP contribution in [0.5, 0.6) is 0 Å². The van der Waals surface area contributed by atoms with Crippen LogP contribution >= 0.6 is 0 Å². The minimum atomic E-state index is -0.868. The van der Waals surface area contributed by atoms with Crippen LogP contribution in [0.1, 0.15) is 22.2 Å². The van der Waals surface area contributed by atoms with E-state index in [1.165, 1.54) is 23.4 Å². The molecule has 1 aliphatic heterocycles. The standard InChI is InChI=1S/C15H13F2N3O2/c16-10-2-1-3-11(17)14(10)15(21)20-6-7-22-13(9-20)12-8-18-4-5-19-12/h1-5,8,13H,6-7,9H2. The SMILES string of the molecule is O=C(c1c(F)cccc1F)N1CCOC(c2cnccn2)C1. The normalized spacial score (nSPS) is 18.3. The summed E-state index contributed by atoms with van der Waals surface area (Å²) in [6, 6.07) is 3.36. The van der Waals surface area contributed by atoms with Gasteiger partial charge in [0.2, 0.25) is 0 Å². The van der Waals surface area contributed by atoms with Gasteiger partial charge in [-0.15, -0.1) is 0 Å². The molecule has 1 fully saturated rings. The van der Waals surface area contributed by atoms with Crippen LogP contribution < -0.4 is 0 Å². The van der Waals surface area contributed by atoms with E-state index in [0.29, 0.717) is 5.69 Å². The topological polar surface area (TPSA) is 55.3 Å². The van der Waals surface area contributed by atoms with E-state index in [0.717, 1.165) is 12.1 Å². The summed E-state index contributed by atoms with van der Waals surface area (Å²) in [7, 11) is 0. The van der Waals surface area contributed by atoms with Crippen LogP contribution in [0, 0.1) is 11.6 Å². The van der Waals surface area contributed by atoms with Gasteiger partial charge in [0, 0.05) is 18.9 Å².